The summed E-state index contributed by atoms with van der Waals surface area (Å²) in [7, 11) is 0. The molecule has 0 radical (unpaired) electrons. The first-order chi connectivity index (χ1) is 14.1. The van der Waals surface area contributed by atoms with Gasteiger partial charge in [0, 0.05) is 18.0 Å². The number of benzene rings is 1. The molecule has 0 aliphatic carbocycles. The Morgan fingerprint density at radius 1 is 0.966 bits per heavy atom. The van der Waals surface area contributed by atoms with Crippen molar-refractivity contribution in [3.63, 3.8) is 0 Å². The summed E-state index contributed by atoms with van der Waals surface area (Å²) in [4.78, 5) is 12.8. The summed E-state index contributed by atoms with van der Waals surface area (Å²) >= 11 is 7.13. The molecule has 29 heavy (non-hydrogen) atoms. The van der Waals surface area contributed by atoms with Gasteiger partial charge in [-0.3, -0.25) is 14.6 Å². The summed E-state index contributed by atoms with van der Waals surface area (Å²) in [5.74, 6) is 0.794. The number of aryl methyl sites for hydroxylation is 2. The largest absolute Gasteiger partial charge is 0.299 e. The van der Waals surface area contributed by atoms with Crippen molar-refractivity contribution in [2.24, 2.45) is 0 Å². The maximum Gasteiger partial charge on any atom is 0.276 e. The Bertz CT molecular complexity index is 780. The number of H-pyrrole nitrogens is 1. The lowest BCUT2D eigenvalue weighted by Crippen LogP contribution is -2.20. The topological polar surface area (TPSA) is 37.8 Å². The molecule has 0 bridgehead atoms. The smallest absolute Gasteiger partial charge is 0.276 e. The van der Waals surface area contributed by atoms with Gasteiger partial charge in [-0.1, -0.05) is 107 Å². The first-order valence-electron chi connectivity index (χ1n) is 11.1. The van der Waals surface area contributed by atoms with Gasteiger partial charge in [-0.05, 0) is 18.9 Å². The number of hydrogen-bond donors (Lipinski definition) is 1. The monoisotopic (exact) mass is 432 g/mol. The summed E-state index contributed by atoms with van der Waals surface area (Å²) < 4.78 is 2.43. The highest BCUT2D eigenvalue weighted by Gasteiger charge is 2.16. The van der Waals surface area contributed by atoms with E-state index < -0.39 is 0 Å². The maximum atomic E-state index is 12.8. The van der Waals surface area contributed by atoms with Gasteiger partial charge in [-0.2, -0.15) is 0 Å². The predicted octanol–water partition coefficient (Wildman–Crippen LogP) is 7.01. The molecule has 0 unspecified atom stereocenters. The minimum Gasteiger partial charge on any atom is -0.299 e. The van der Waals surface area contributed by atoms with Crippen LogP contribution < -0.4 is 5.56 Å². The number of rotatable bonds is 14. The second-order valence-electron chi connectivity index (χ2n) is 7.81. The third-order valence-corrected chi connectivity index (χ3v) is 6.79. The average molecular weight is 433 g/mol. The molecule has 0 fully saturated rings. The highest BCUT2D eigenvalue weighted by Crippen LogP contribution is 2.19. The highest BCUT2D eigenvalue weighted by molar-refractivity contribution is 8.23. The molecule has 0 aliphatic rings. The van der Waals surface area contributed by atoms with Crippen LogP contribution in [-0.2, 0) is 12.3 Å². The molecule has 0 atom stereocenters. The van der Waals surface area contributed by atoms with Crippen LogP contribution in [0.3, 0.4) is 0 Å². The lowest BCUT2D eigenvalue weighted by molar-refractivity contribution is 0.507. The molecule has 160 valence electrons. The van der Waals surface area contributed by atoms with E-state index in [0.717, 1.165) is 24.4 Å². The van der Waals surface area contributed by atoms with E-state index in [9.17, 15) is 4.79 Å². The second-order valence-corrected chi connectivity index (χ2v) is 9.46. The van der Waals surface area contributed by atoms with Crippen molar-refractivity contribution >= 4 is 28.2 Å². The minimum atomic E-state index is 0.0315. The zero-order valence-electron chi connectivity index (χ0n) is 18.0. The highest BCUT2D eigenvalue weighted by atomic mass is 32.2. The van der Waals surface area contributed by atoms with E-state index in [1.807, 2.05) is 25.1 Å². The standard InChI is InChI=1S/C24H36N2OS2/c1-3-4-5-6-7-8-9-10-11-15-18-26-23(27)22(20(2)25-26)24(28)29-19-21-16-13-12-14-17-21/h12-14,16-17,25H,3-11,15,18-19H2,1-2H3. The number of thiocarbonyl (C=S) groups is 1. The number of hydrogen-bond acceptors (Lipinski definition) is 3. The molecule has 0 amide bonds. The van der Waals surface area contributed by atoms with Crippen LogP contribution >= 0.6 is 24.0 Å². The van der Waals surface area contributed by atoms with Crippen molar-refractivity contribution < 1.29 is 0 Å². The molecule has 5 heteroatoms. The van der Waals surface area contributed by atoms with Crippen LogP contribution in [0.2, 0.25) is 0 Å². The van der Waals surface area contributed by atoms with Gasteiger partial charge in [0.25, 0.3) is 5.56 Å². The van der Waals surface area contributed by atoms with Crippen LogP contribution in [0, 0.1) is 6.92 Å². The first kappa shape index (κ1) is 23.9. The Morgan fingerprint density at radius 2 is 1.55 bits per heavy atom. The summed E-state index contributed by atoms with van der Waals surface area (Å²) in [5.41, 5.74) is 2.81. The van der Waals surface area contributed by atoms with E-state index in [-0.39, 0.29) is 5.56 Å². The first-order valence-corrected chi connectivity index (χ1v) is 12.5. The quantitative estimate of drug-likeness (QED) is 0.257. The van der Waals surface area contributed by atoms with Crippen LogP contribution in [0.1, 0.15) is 88.0 Å². The van der Waals surface area contributed by atoms with Gasteiger partial charge in [0.05, 0.1) is 9.76 Å². The van der Waals surface area contributed by atoms with Crippen molar-refractivity contribution in [3.8, 4) is 0 Å². The molecule has 1 heterocycles. The lowest BCUT2D eigenvalue weighted by atomic mass is 10.1. The van der Waals surface area contributed by atoms with Gasteiger partial charge >= 0.3 is 0 Å². The van der Waals surface area contributed by atoms with Crippen molar-refractivity contribution in [2.45, 2.75) is 90.4 Å². The molecule has 0 saturated carbocycles. The summed E-state index contributed by atoms with van der Waals surface area (Å²) in [6.45, 7) is 4.96. The molecular formula is C24H36N2OS2. The van der Waals surface area contributed by atoms with Gasteiger partial charge in [0.15, 0.2) is 0 Å². The van der Waals surface area contributed by atoms with Crippen molar-refractivity contribution in [1.82, 2.24) is 9.78 Å². The molecule has 3 nitrogen and oxygen atoms in total. The summed E-state index contributed by atoms with van der Waals surface area (Å²) in [5, 5.41) is 3.23. The van der Waals surface area contributed by atoms with Crippen LogP contribution in [0.5, 0.6) is 0 Å². The molecule has 2 rings (SSSR count). The fourth-order valence-electron chi connectivity index (χ4n) is 3.55. The van der Waals surface area contributed by atoms with E-state index >= 15 is 0 Å². The normalized spacial score (nSPS) is 11.1. The number of nitrogens with zero attached hydrogens (tertiary/aromatic N) is 1. The molecule has 1 aromatic heterocycles. The van der Waals surface area contributed by atoms with E-state index in [1.54, 1.807) is 16.4 Å². The Morgan fingerprint density at radius 3 is 2.17 bits per heavy atom. The molecule has 1 N–H and O–H groups in total. The number of unbranched alkanes of at least 4 members (excludes halogenated alkanes) is 9. The second kappa shape index (κ2) is 13.8. The minimum absolute atomic E-state index is 0.0315. The number of thioether (sulfide) groups is 1. The van der Waals surface area contributed by atoms with E-state index in [0.29, 0.717) is 9.76 Å². The zero-order chi connectivity index (χ0) is 20.9. The molecule has 0 spiro atoms. The van der Waals surface area contributed by atoms with E-state index in [2.05, 4.69) is 24.2 Å². The Hall–Kier alpha value is -1.33. The molecule has 0 saturated heterocycles. The Kier molecular flexibility index (Phi) is 11.4. The predicted molar refractivity (Wildman–Crippen MR) is 131 cm³/mol. The van der Waals surface area contributed by atoms with Crippen LogP contribution in [0.15, 0.2) is 35.1 Å². The fraction of sp³-hybridized carbons (Fsp3) is 0.583. The van der Waals surface area contributed by atoms with Crippen LogP contribution in [-0.4, -0.2) is 14.0 Å². The van der Waals surface area contributed by atoms with Gasteiger partial charge in [0.1, 0.15) is 0 Å². The molecule has 0 aliphatic heterocycles. The molecule has 1 aromatic carbocycles. The number of nitrogens with one attached hydrogen (secondary N) is 1. The lowest BCUT2D eigenvalue weighted by Gasteiger charge is -2.03. The van der Waals surface area contributed by atoms with E-state index in [1.165, 1.54) is 63.4 Å². The van der Waals surface area contributed by atoms with E-state index in [4.69, 9.17) is 12.2 Å². The van der Waals surface area contributed by atoms with Crippen molar-refractivity contribution in [2.75, 3.05) is 0 Å². The van der Waals surface area contributed by atoms with Gasteiger partial charge in [0.2, 0.25) is 0 Å². The van der Waals surface area contributed by atoms with Crippen molar-refractivity contribution in [1.29, 1.82) is 0 Å². The summed E-state index contributed by atoms with van der Waals surface area (Å²) in [6, 6.07) is 10.2. The average Bonchev–Trinajstić information content (AvgIpc) is 3.01. The molecule has 2 aromatic rings. The third kappa shape index (κ3) is 8.51. The molecular weight excluding hydrogens is 396 g/mol. The van der Waals surface area contributed by atoms with Gasteiger partial charge in [-0.25, -0.2) is 0 Å². The van der Waals surface area contributed by atoms with Crippen LogP contribution in [0.25, 0.3) is 0 Å². The maximum absolute atomic E-state index is 12.8. The van der Waals surface area contributed by atoms with Gasteiger partial charge in [-0.15, -0.1) is 11.8 Å². The summed E-state index contributed by atoms with van der Waals surface area (Å²) in [6.07, 6.45) is 13.0. The van der Waals surface area contributed by atoms with Crippen LogP contribution in [0.4, 0.5) is 0 Å². The van der Waals surface area contributed by atoms with Crippen molar-refractivity contribution in [3.05, 3.63) is 57.5 Å². The Labute approximate surface area is 185 Å². The third-order valence-electron chi connectivity index (χ3n) is 5.29. The van der Waals surface area contributed by atoms with Gasteiger partial charge < -0.3 is 0 Å². The Balaban J connectivity index is 1.70. The number of aromatic nitrogens is 2. The zero-order valence-corrected chi connectivity index (χ0v) is 19.7. The number of aromatic amines is 1. The fourth-order valence-corrected chi connectivity index (χ4v) is 4.85. The SMILES string of the molecule is CCCCCCCCCCCCn1[nH]c(C)c(C(=S)SCc2ccccc2)c1=O.